The molecular weight excluding hydrogens is 439 g/mol. The molecule has 1 aliphatic rings. The lowest BCUT2D eigenvalue weighted by molar-refractivity contribution is -0.192. The minimum atomic E-state index is -5.08. The molecular formula is C22H22F3N5O3. The molecule has 1 unspecified atom stereocenters. The van der Waals surface area contributed by atoms with Gasteiger partial charge < -0.3 is 10.4 Å². The number of pyridine rings is 2. The summed E-state index contributed by atoms with van der Waals surface area (Å²) in [6, 6.07) is 7.78. The maximum absolute atomic E-state index is 12.6. The number of amides is 1. The molecule has 0 saturated heterocycles. The Morgan fingerprint density at radius 3 is 2.55 bits per heavy atom. The molecule has 0 fully saturated rings. The molecule has 33 heavy (non-hydrogen) atoms. The van der Waals surface area contributed by atoms with E-state index in [2.05, 4.69) is 21.4 Å². The Balaban J connectivity index is 0.000000383. The number of carbonyl (C=O) groups is 2. The highest BCUT2D eigenvalue weighted by molar-refractivity contribution is 5.95. The lowest BCUT2D eigenvalue weighted by atomic mass is 10.00. The lowest BCUT2D eigenvalue weighted by Crippen LogP contribution is -2.21. The fraction of sp³-hybridized carbons (Fsp3) is 0.318. The van der Waals surface area contributed by atoms with Crippen LogP contribution < -0.4 is 5.32 Å². The van der Waals surface area contributed by atoms with Gasteiger partial charge in [0.25, 0.3) is 0 Å². The zero-order valence-electron chi connectivity index (χ0n) is 17.7. The van der Waals surface area contributed by atoms with Gasteiger partial charge in [0.1, 0.15) is 5.69 Å². The number of aliphatic carboxylic acids is 1. The molecule has 1 aliphatic heterocycles. The lowest BCUT2D eigenvalue weighted by Gasteiger charge is -2.13. The SMILES string of the molecule is CC1CCCCc2cc(ccn2)-c2nn(-c3ccncc3)cc2NC1=O.O=C(O)C(F)(F)F. The molecule has 1 amide bonds. The van der Waals surface area contributed by atoms with Crippen molar-refractivity contribution in [3.63, 3.8) is 0 Å². The topological polar surface area (TPSA) is 110 Å². The first-order chi connectivity index (χ1) is 15.6. The third-order valence-corrected chi connectivity index (χ3v) is 5.00. The summed E-state index contributed by atoms with van der Waals surface area (Å²) >= 11 is 0. The Kier molecular flexibility index (Phi) is 7.41. The normalized spacial score (nSPS) is 16.2. The average molecular weight is 461 g/mol. The zero-order valence-corrected chi connectivity index (χ0v) is 17.7. The minimum Gasteiger partial charge on any atom is -0.475 e. The van der Waals surface area contributed by atoms with Crippen LogP contribution in [0.4, 0.5) is 18.9 Å². The van der Waals surface area contributed by atoms with Gasteiger partial charge in [-0.3, -0.25) is 14.8 Å². The molecule has 0 aromatic carbocycles. The second kappa shape index (κ2) is 10.2. The van der Waals surface area contributed by atoms with Crippen LogP contribution in [-0.2, 0) is 16.0 Å². The number of carboxylic acid groups (broad SMARTS) is 1. The number of fused-ring (bicyclic) bond motifs is 4. The van der Waals surface area contributed by atoms with Gasteiger partial charge in [0, 0.05) is 35.8 Å². The number of halogens is 3. The van der Waals surface area contributed by atoms with Crippen LogP contribution in [-0.4, -0.2) is 42.9 Å². The van der Waals surface area contributed by atoms with Gasteiger partial charge in [0.15, 0.2) is 0 Å². The number of nitrogens with zero attached hydrogens (tertiary/aromatic N) is 4. The van der Waals surface area contributed by atoms with E-state index in [1.165, 1.54) is 0 Å². The van der Waals surface area contributed by atoms with Crippen LogP contribution in [0.1, 0.15) is 31.9 Å². The summed E-state index contributed by atoms with van der Waals surface area (Å²) in [6.45, 7) is 1.98. The summed E-state index contributed by atoms with van der Waals surface area (Å²) in [7, 11) is 0. The first-order valence-electron chi connectivity index (χ1n) is 10.2. The van der Waals surface area contributed by atoms with E-state index in [1.807, 2.05) is 37.5 Å². The fourth-order valence-electron chi connectivity index (χ4n) is 3.21. The quantitative estimate of drug-likeness (QED) is 0.560. The predicted molar refractivity (Wildman–Crippen MR) is 114 cm³/mol. The van der Waals surface area contributed by atoms with Gasteiger partial charge in [0.05, 0.1) is 17.6 Å². The number of carbonyl (C=O) groups excluding carboxylic acids is 1. The summed E-state index contributed by atoms with van der Waals surface area (Å²) in [6.07, 6.45) is 5.89. The smallest absolute Gasteiger partial charge is 0.475 e. The molecule has 2 N–H and O–H groups in total. The molecule has 3 aromatic heterocycles. The Morgan fingerprint density at radius 2 is 1.88 bits per heavy atom. The fourth-order valence-corrected chi connectivity index (χ4v) is 3.21. The third kappa shape index (κ3) is 6.37. The molecule has 0 aliphatic carbocycles. The Hall–Kier alpha value is -3.76. The van der Waals surface area contributed by atoms with Crippen molar-refractivity contribution in [2.45, 2.75) is 38.8 Å². The van der Waals surface area contributed by atoms with Gasteiger partial charge in [-0.25, -0.2) is 9.48 Å². The second-order valence-electron chi connectivity index (χ2n) is 7.52. The first-order valence-corrected chi connectivity index (χ1v) is 10.2. The van der Waals surface area contributed by atoms with Gasteiger partial charge >= 0.3 is 12.1 Å². The van der Waals surface area contributed by atoms with Crippen LogP contribution in [0.3, 0.4) is 0 Å². The largest absolute Gasteiger partial charge is 0.490 e. The molecule has 174 valence electrons. The van der Waals surface area contributed by atoms with Gasteiger partial charge in [-0.2, -0.15) is 18.3 Å². The van der Waals surface area contributed by atoms with Crippen molar-refractivity contribution in [1.29, 1.82) is 0 Å². The molecule has 0 saturated carbocycles. The van der Waals surface area contributed by atoms with Crippen molar-refractivity contribution in [2.75, 3.05) is 5.32 Å². The number of alkyl halides is 3. The number of hydrogen-bond acceptors (Lipinski definition) is 5. The molecule has 1 atom stereocenters. The number of rotatable bonds is 1. The highest BCUT2D eigenvalue weighted by atomic mass is 19.4. The van der Waals surface area contributed by atoms with E-state index < -0.39 is 12.1 Å². The number of carboxylic acids is 1. The van der Waals surface area contributed by atoms with E-state index in [1.54, 1.807) is 17.1 Å². The molecule has 2 bridgehead atoms. The van der Waals surface area contributed by atoms with Crippen molar-refractivity contribution in [1.82, 2.24) is 19.7 Å². The second-order valence-corrected chi connectivity index (χ2v) is 7.52. The standard InChI is InChI=1S/C20H21N5O.C2HF3O2/c1-14-4-2-3-5-16-12-15(6-11-22-16)19-18(23-20(14)26)13-25(24-19)17-7-9-21-10-8-17;3-2(4,5)1(6)7/h6-14H,2-5H2,1H3,(H,23,26);(H,6,7). The Morgan fingerprint density at radius 1 is 1.18 bits per heavy atom. The Bertz CT molecular complexity index is 1120. The number of anilines is 1. The van der Waals surface area contributed by atoms with Crippen molar-refractivity contribution < 1.29 is 27.9 Å². The molecule has 11 heteroatoms. The van der Waals surface area contributed by atoms with Gasteiger partial charge in [-0.05, 0) is 43.5 Å². The summed E-state index contributed by atoms with van der Waals surface area (Å²) < 4.78 is 33.5. The molecule has 4 heterocycles. The Labute approximate surface area is 187 Å². The molecule has 3 aromatic rings. The van der Waals surface area contributed by atoms with Crippen LogP contribution in [0.2, 0.25) is 0 Å². The van der Waals surface area contributed by atoms with Crippen molar-refractivity contribution in [2.24, 2.45) is 5.92 Å². The van der Waals surface area contributed by atoms with Gasteiger partial charge in [-0.1, -0.05) is 13.3 Å². The van der Waals surface area contributed by atoms with E-state index in [0.29, 0.717) is 0 Å². The summed E-state index contributed by atoms with van der Waals surface area (Å²) in [5.74, 6) is -2.75. The number of aryl methyl sites for hydroxylation is 1. The van der Waals surface area contributed by atoms with Crippen LogP contribution >= 0.6 is 0 Å². The summed E-state index contributed by atoms with van der Waals surface area (Å²) in [5, 5.41) is 14.9. The molecule has 4 rings (SSSR count). The zero-order chi connectivity index (χ0) is 24.0. The molecule has 0 radical (unpaired) electrons. The van der Waals surface area contributed by atoms with Crippen molar-refractivity contribution in [3.8, 4) is 16.9 Å². The van der Waals surface area contributed by atoms with Gasteiger partial charge in [-0.15, -0.1) is 0 Å². The van der Waals surface area contributed by atoms with Crippen LogP contribution in [0.15, 0.2) is 49.1 Å². The average Bonchev–Trinajstić information content (AvgIpc) is 3.20. The highest BCUT2D eigenvalue weighted by Crippen LogP contribution is 2.29. The van der Waals surface area contributed by atoms with Crippen molar-refractivity contribution in [3.05, 3.63) is 54.7 Å². The first kappa shape index (κ1) is 23.9. The minimum absolute atomic E-state index is 0.0298. The summed E-state index contributed by atoms with van der Waals surface area (Å²) in [4.78, 5) is 30.0. The molecule has 0 spiro atoms. The molecule has 8 nitrogen and oxygen atoms in total. The summed E-state index contributed by atoms with van der Waals surface area (Å²) in [5.41, 5.74) is 4.40. The van der Waals surface area contributed by atoms with Crippen LogP contribution in [0.5, 0.6) is 0 Å². The van der Waals surface area contributed by atoms with Crippen LogP contribution in [0.25, 0.3) is 16.9 Å². The monoisotopic (exact) mass is 461 g/mol. The maximum Gasteiger partial charge on any atom is 0.490 e. The predicted octanol–water partition coefficient (Wildman–Crippen LogP) is 4.26. The third-order valence-electron chi connectivity index (χ3n) is 5.00. The van der Waals surface area contributed by atoms with E-state index in [9.17, 15) is 18.0 Å². The van der Waals surface area contributed by atoms with E-state index in [0.717, 1.165) is 54.0 Å². The van der Waals surface area contributed by atoms with Gasteiger partial charge in [0.2, 0.25) is 5.91 Å². The van der Waals surface area contributed by atoms with E-state index in [4.69, 9.17) is 15.0 Å². The van der Waals surface area contributed by atoms with E-state index in [-0.39, 0.29) is 11.8 Å². The number of aromatic nitrogens is 4. The van der Waals surface area contributed by atoms with E-state index >= 15 is 0 Å². The highest BCUT2D eigenvalue weighted by Gasteiger charge is 2.38. The van der Waals surface area contributed by atoms with Crippen molar-refractivity contribution >= 4 is 17.6 Å². The maximum atomic E-state index is 12.6. The van der Waals surface area contributed by atoms with Crippen LogP contribution in [0, 0.1) is 5.92 Å². The number of nitrogens with one attached hydrogen (secondary N) is 1. The number of hydrogen-bond donors (Lipinski definition) is 2.